The Balaban J connectivity index is 2.15. The molecule has 0 aliphatic heterocycles. The average molecular weight is 358 g/mol. The second-order valence-electron chi connectivity index (χ2n) is 8.03. The Bertz CT molecular complexity index is 703. The molecule has 0 spiro atoms. The molecule has 0 bridgehead atoms. The van der Waals surface area contributed by atoms with Crippen LogP contribution in [0.1, 0.15) is 63.5 Å². The maximum absolute atomic E-state index is 12.4. The highest BCUT2D eigenvalue weighted by molar-refractivity contribution is 5.82. The van der Waals surface area contributed by atoms with E-state index in [4.69, 9.17) is 0 Å². The normalized spacial score (nSPS) is 27.9. The van der Waals surface area contributed by atoms with Gasteiger partial charge in [0.1, 0.15) is 11.5 Å². The van der Waals surface area contributed by atoms with E-state index in [9.17, 15) is 14.8 Å². The van der Waals surface area contributed by atoms with E-state index in [0.29, 0.717) is 24.8 Å². The predicted octanol–water partition coefficient (Wildman–Crippen LogP) is 4.46. The van der Waals surface area contributed by atoms with E-state index in [1.54, 1.807) is 6.07 Å². The van der Waals surface area contributed by atoms with Crippen LogP contribution in [-0.2, 0) is 16.6 Å². The van der Waals surface area contributed by atoms with E-state index in [2.05, 4.69) is 31.0 Å². The number of Topliss-reactive ketones (excluding diaryl/α,β-unsaturated/α-hetero) is 1. The number of carbonyl (C=O) groups excluding carboxylic acids is 1. The van der Waals surface area contributed by atoms with Crippen molar-refractivity contribution in [1.82, 2.24) is 4.90 Å². The van der Waals surface area contributed by atoms with Gasteiger partial charge in [-0.2, -0.15) is 0 Å². The lowest BCUT2D eigenvalue weighted by molar-refractivity contribution is -0.125. The molecule has 0 heterocycles. The molecular weight excluding hydrogens is 328 g/mol. The summed E-state index contributed by atoms with van der Waals surface area (Å²) in [5.41, 5.74) is 1.67. The van der Waals surface area contributed by atoms with Gasteiger partial charge in [0.05, 0.1) is 0 Å². The smallest absolute Gasteiger partial charge is 0.153 e. The fourth-order valence-electron chi connectivity index (χ4n) is 5.41. The number of nitroso groups, excluding NO2 is 1. The molecule has 5 nitrogen and oxygen atoms in total. The van der Waals surface area contributed by atoms with Crippen molar-refractivity contribution in [1.29, 1.82) is 0 Å². The highest BCUT2D eigenvalue weighted by atomic mass is 16.3. The Morgan fingerprint density at radius 2 is 2.12 bits per heavy atom. The third kappa shape index (κ3) is 2.96. The quantitative estimate of drug-likeness (QED) is 0.762. The Kier molecular flexibility index (Phi) is 5.47. The molecule has 0 amide bonds. The Labute approximate surface area is 155 Å². The highest BCUT2D eigenvalue weighted by Crippen LogP contribution is 2.56. The molecule has 1 fully saturated rings. The summed E-state index contributed by atoms with van der Waals surface area (Å²) in [6.45, 7) is 5.34. The van der Waals surface area contributed by atoms with Gasteiger partial charge in [-0.1, -0.05) is 26.3 Å². The van der Waals surface area contributed by atoms with Gasteiger partial charge >= 0.3 is 0 Å². The molecule has 2 aliphatic rings. The summed E-state index contributed by atoms with van der Waals surface area (Å²) < 4.78 is 0. The van der Waals surface area contributed by atoms with Crippen LogP contribution in [0.2, 0.25) is 0 Å². The molecule has 26 heavy (non-hydrogen) atoms. The highest BCUT2D eigenvalue weighted by Gasteiger charge is 2.53. The minimum Gasteiger partial charge on any atom is -0.506 e. The Morgan fingerprint density at radius 1 is 1.35 bits per heavy atom. The molecule has 3 rings (SSSR count). The van der Waals surface area contributed by atoms with Gasteiger partial charge in [0, 0.05) is 24.3 Å². The average Bonchev–Trinajstić information content (AvgIpc) is 2.65. The molecule has 1 aromatic rings. The molecule has 0 radical (unpaired) electrons. The van der Waals surface area contributed by atoms with Crippen LogP contribution in [0, 0.1) is 10.8 Å². The van der Waals surface area contributed by atoms with Crippen molar-refractivity contribution in [2.45, 2.75) is 70.3 Å². The fourth-order valence-corrected chi connectivity index (χ4v) is 5.41. The maximum Gasteiger partial charge on any atom is 0.153 e. The first kappa shape index (κ1) is 19.0. The summed E-state index contributed by atoms with van der Waals surface area (Å²) in [6.07, 6.45) is 5.85. The number of nitrogens with zero attached hydrogens (tertiary/aromatic N) is 2. The van der Waals surface area contributed by atoms with Gasteiger partial charge in [-0.15, -0.1) is 4.91 Å². The van der Waals surface area contributed by atoms with E-state index in [1.807, 2.05) is 6.07 Å². The number of rotatable bonds is 6. The van der Waals surface area contributed by atoms with Crippen LogP contribution in [0.4, 0.5) is 5.69 Å². The van der Waals surface area contributed by atoms with Crippen molar-refractivity contribution in [3.05, 3.63) is 28.2 Å². The number of phenols is 1. The zero-order chi connectivity index (χ0) is 18.9. The zero-order valence-electron chi connectivity index (χ0n) is 16.1. The minimum absolute atomic E-state index is 0.0684. The molecule has 1 unspecified atom stereocenters. The first-order chi connectivity index (χ1) is 12.5. The number of aromatic hydroxyl groups is 1. The monoisotopic (exact) mass is 358 g/mol. The largest absolute Gasteiger partial charge is 0.506 e. The SMILES string of the molecule is CCCCN(C)[C@@H]1Cc2ccc(O)c(N=O)c2[C@@]2(CC)CC(=O)CCC12. The lowest BCUT2D eigenvalue weighted by atomic mass is 9.53. The lowest BCUT2D eigenvalue weighted by Gasteiger charge is -2.53. The van der Waals surface area contributed by atoms with Gasteiger partial charge in [0.25, 0.3) is 0 Å². The fraction of sp³-hybridized carbons (Fsp3) is 0.667. The summed E-state index contributed by atoms with van der Waals surface area (Å²) in [6, 6.07) is 3.85. The van der Waals surface area contributed by atoms with Crippen LogP contribution in [0.5, 0.6) is 5.75 Å². The summed E-state index contributed by atoms with van der Waals surface area (Å²) >= 11 is 0. The van der Waals surface area contributed by atoms with Crippen LogP contribution in [0.15, 0.2) is 17.3 Å². The van der Waals surface area contributed by atoms with E-state index in [-0.39, 0.29) is 17.2 Å². The van der Waals surface area contributed by atoms with Gasteiger partial charge in [-0.3, -0.25) is 4.79 Å². The van der Waals surface area contributed by atoms with Crippen molar-refractivity contribution in [3.63, 3.8) is 0 Å². The Hall–Kier alpha value is -1.75. The number of phenolic OH excluding ortho intramolecular Hbond substituents is 1. The van der Waals surface area contributed by atoms with E-state index in [0.717, 1.165) is 49.8 Å². The topological polar surface area (TPSA) is 70.0 Å². The second kappa shape index (κ2) is 7.47. The third-order valence-electron chi connectivity index (χ3n) is 6.74. The first-order valence-corrected chi connectivity index (χ1v) is 9.89. The van der Waals surface area contributed by atoms with Crippen LogP contribution >= 0.6 is 0 Å². The van der Waals surface area contributed by atoms with Crippen LogP contribution in [0.25, 0.3) is 0 Å². The van der Waals surface area contributed by atoms with Crippen molar-refractivity contribution < 1.29 is 9.90 Å². The molecule has 1 saturated carbocycles. The minimum atomic E-state index is -0.393. The lowest BCUT2D eigenvalue weighted by Crippen LogP contribution is -2.55. The van der Waals surface area contributed by atoms with Crippen molar-refractivity contribution >= 4 is 11.5 Å². The van der Waals surface area contributed by atoms with Crippen LogP contribution < -0.4 is 0 Å². The standard InChI is InChI=1S/C21H30N2O3/c1-4-6-11-23(3)17-12-14-7-10-18(25)20(22-26)19(14)21(5-2)13-15(24)8-9-16(17)21/h7,10,16-17,25H,4-6,8-9,11-13H2,1-3H3/t16?,17-,21+/m1/s1. The van der Waals surface area contributed by atoms with Crippen LogP contribution in [-0.4, -0.2) is 35.4 Å². The Morgan fingerprint density at radius 3 is 2.77 bits per heavy atom. The maximum atomic E-state index is 12.4. The summed E-state index contributed by atoms with van der Waals surface area (Å²) in [5.74, 6) is 0.495. The molecule has 0 saturated heterocycles. The van der Waals surface area contributed by atoms with Crippen molar-refractivity contribution in [2.24, 2.45) is 11.1 Å². The van der Waals surface area contributed by atoms with Gasteiger partial charge in [-0.05, 0) is 67.6 Å². The second-order valence-corrected chi connectivity index (χ2v) is 8.03. The van der Waals surface area contributed by atoms with Crippen molar-refractivity contribution in [3.8, 4) is 5.75 Å². The number of unbranched alkanes of at least 4 members (excludes halogenated alkanes) is 1. The third-order valence-corrected chi connectivity index (χ3v) is 6.74. The molecule has 5 heteroatoms. The number of hydrogen-bond donors (Lipinski definition) is 1. The molecule has 1 N–H and O–H groups in total. The number of carbonyl (C=O) groups is 1. The van der Waals surface area contributed by atoms with E-state index in [1.165, 1.54) is 0 Å². The summed E-state index contributed by atoms with van der Waals surface area (Å²) in [4.78, 5) is 26.4. The molecule has 0 aromatic heterocycles. The molecule has 3 atom stereocenters. The molecule has 2 aliphatic carbocycles. The number of ketones is 1. The summed E-state index contributed by atoms with van der Waals surface area (Å²) in [7, 11) is 2.18. The number of likely N-dealkylation sites (N-methyl/N-ethyl adjacent to an activating group) is 1. The van der Waals surface area contributed by atoms with Gasteiger partial charge in [0.2, 0.25) is 0 Å². The van der Waals surface area contributed by atoms with E-state index < -0.39 is 5.41 Å². The van der Waals surface area contributed by atoms with Gasteiger partial charge in [0.15, 0.2) is 5.69 Å². The molecular formula is C21H30N2O3. The van der Waals surface area contributed by atoms with Crippen molar-refractivity contribution in [2.75, 3.05) is 13.6 Å². The predicted molar refractivity (Wildman–Crippen MR) is 103 cm³/mol. The zero-order valence-corrected chi connectivity index (χ0v) is 16.1. The van der Waals surface area contributed by atoms with E-state index >= 15 is 0 Å². The number of fused-ring (bicyclic) bond motifs is 3. The first-order valence-electron chi connectivity index (χ1n) is 9.89. The number of hydrogen-bond acceptors (Lipinski definition) is 5. The van der Waals surface area contributed by atoms with Gasteiger partial charge in [-0.25, -0.2) is 0 Å². The summed E-state index contributed by atoms with van der Waals surface area (Å²) in [5, 5.41) is 13.4. The van der Waals surface area contributed by atoms with Gasteiger partial charge < -0.3 is 10.0 Å². The number of benzene rings is 1. The molecule has 142 valence electrons. The molecule has 1 aromatic carbocycles. The van der Waals surface area contributed by atoms with Crippen LogP contribution in [0.3, 0.4) is 0 Å².